The number of halogens is 1. The van der Waals surface area contributed by atoms with Crippen LogP contribution in [0.15, 0.2) is 91.6 Å². The fraction of sp³-hybridized carbons (Fsp3) is 0.0741. The van der Waals surface area contributed by atoms with Gasteiger partial charge in [0.05, 0.1) is 37.5 Å². The van der Waals surface area contributed by atoms with Gasteiger partial charge in [-0.1, -0.05) is 18.2 Å². The van der Waals surface area contributed by atoms with Crippen molar-refractivity contribution in [3.05, 3.63) is 103 Å². The molecule has 2 aromatic heterocycles. The molecule has 1 N–H and O–H groups in total. The van der Waals surface area contributed by atoms with Gasteiger partial charge in [0, 0.05) is 29.8 Å². The number of rotatable bonds is 7. The minimum absolute atomic E-state index is 0.310. The molecule has 0 spiro atoms. The molecule has 9 heteroatoms. The van der Waals surface area contributed by atoms with Gasteiger partial charge in [-0.15, -0.1) is 0 Å². The molecule has 0 saturated carbocycles. The maximum Gasteiger partial charge on any atom is 0.259 e. The molecule has 5 aromatic rings. The van der Waals surface area contributed by atoms with Crippen LogP contribution in [-0.2, 0) is 0 Å². The molecule has 0 aliphatic heterocycles. The van der Waals surface area contributed by atoms with E-state index in [0.29, 0.717) is 39.7 Å². The van der Waals surface area contributed by atoms with Gasteiger partial charge in [-0.2, -0.15) is 5.10 Å². The molecule has 0 fully saturated rings. The van der Waals surface area contributed by atoms with Gasteiger partial charge < -0.3 is 19.4 Å². The van der Waals surface area contributed by atoms with Gasteiger partial charge >= 0.3 is 0 Å². The van der Waals surface area contributed by atoms with Gasteiger partial charge in [-0.3, -0.25) is 4.79 Å². The second-order valence-electron chi connectivity index (χ2n) is 7.83. The Morgan fingerprint density at radius 3 is 2.47 bits per heavy atom. The molecule has 8 nitrogen and oxygen atoms in total. The Hall–Kier alpha value is -4.92. The maximum atomic E-state index is 14.7. The van der Waals surface area contributed by atoms with Crippen molar-refractivity contribution in [2.75, 3.05) is 19.5 Å². The monoisotopic (exact) mass is 483 g/mol. The van der Waals surface area contributed by atoms with E-state index < -0.39 is 11.7 Å². The summed E-state index contributed by atoms with van der Waals surface area (Å²) in [6, 6.07) is 19.2. The summed E-state index contributed by atoms with van der Waals surface area (Å²) in [5.41, 5.74) is 2.83. The Kier molecular flexibility index (Phi) is 6.19. The molecule has 0 aliphatic rings. The van der Waals surface area contributed by atoms with Crippen molar-refractivity contribution in [3.8, 4) is 34.1 Å². The number of anilines is 1. The number of benzene rings is 3. The van der Waals surface area contributed by atoms with E-state index in [2.05, 4.69) is 15.4 Å². The molecular weight excluding hydrogens is 461 g/mol. The van der Waals surface area contributed by atoms with Crippen LogP contribution < -0.4 is 14.8 Å². The first-order chi connectivity index (χ1) is 17.6. The quantitative estimate of drug-likeness (QED) is 0.347. The minimum atomic E-state index is -0.495. The number of hydrogen-bond donors (Lipinski definition) is 1. The van der Waals surface area contributed by atoms with Crippen LogP contribution in [0.25, 0.3) is 22.6 Å². The smallest absolute Gasteiger partial charge is 0.259 e. The molecule has 1 amide bonds. The molecule has 180 valence electrons. The summed E-state index contributed by atoms with van der Waals surface area (Å²) in [5, 5.41) is 7.47. The fourth-order valence-corrected chi connectivity index (χ4v) is 3.84. The van der Waals surface area contributed by atoms with Crippen LogP contribution in [0.4, 0.5) is 10.1 Å². The number of nitrogens with zero attached hydrogens (tertiary/aromatic N) is 4. The fourth-order valence-electron chi connectivity index (χ4n) is 3.84. The molecule has 5 rings (SSSR count). The number of carbonyl (C=O) groups excluding carboxylic acids is 1. The van der Waals surface area contributed by atoms with Crippen molar-refractivity contribution in [1.82, 2.24) is 19.3 Å². The van der Waals surface area contributed by atoms with Gasteiger partial charge in [0.2, 0.25) is 0 Å². The summed E-state index contributed by atoms with van der Waals surface area (Å²) < 4.78 is 28.7. The number of amides is 1. The van der Waals surface area contributed by atoms with Crippen LogP contribution >= 0.6 is 0 Å². The van der Waals surface area contributed by atoms with Crippen molar-refractivity contribution < 1.29 is 18.7 Å². The molecule has 0 unspecified atom stereocenters. The van der Waals surface area contributed by atoms with E-state index in [-0.39, 0.29) is 0 Å². The van der Waals surface area contributed by atoms with Crippen LogP contribution in [0.1, 0.15) is 10.4 Å². The number of ether oxygens (including phenoxy) is 2. The highest BCUT2D eigenvalue weighted by atomic mass is 19.1. The summed E-state index contributed by atoms with van der Waals surface area (Å²) in [6.45, 7) is 0. The molecule has 0 radical (unpaired) electrons. The average Bonchev–Trinajstić information content (AvgIpc) is 3.60. The molecule has 3 aromatic carbocycles. The highest BCUT2D eigenvalue weighted by molar-refractivity contribution is 6.08. The molecule has 0 atom stereocenters. The second-order valence-corrected chi connectivity index (χ2v) is 7.83. The number of para-hydroxylation sites is 1. The van der Waals surface area contributed by atoms with E-state index in [4.69, 9.17) is 9.47 Å². The van der Waals surface area contributed by atoms with E-state index in [1.165, 1.54) is 12.4 Å². The summed E-state index contributed by atoms with van der Waals surface area (Å²) in [7, 11) is 3.09. The standard InChI is InChI=1S/C27H22FN5O3/c1-35-24-11-8-18(14-25(24)36-2)26-21(16-33(31-26)20-6-4-3-5-7-20)27(34)30-19-9-10-23(22(28)15-19)32-13-12-29-17-32/h3-17H,1-2H3,(H,30,34). The summed E-state index contributed by atoms with van der Waals surface area (Å²) >= 11 is 0. The predicted octanol–water partition coefficient (Wildman–Crippen LogP) is 5.13. The molecule has 36 heavy (non-hydrogen) atoms. The average molecular weight is 484 g/mol. The van der Waals surface area contributed by atoms with Crippen LogP contribution in [0, 0.1) is 5.82 Å². The lowest BCUT2D eigenvalue weighted by atomic mass is 10.1. The van der Waals surface area contributed by atoms with Gasteiger partial charge in [0.25, 0.3) is 5.91 Å². The Bertz CT molecular complexity index is 1510. The second kappa shape index (κ2) is 9.75. The molecular formula is C27H22FN5O3. The van der Waals surface area contributed by atoms with Crippen molar-refractivity contribution >= 4 is 11.6 Å². The largest absolute Gasteiger partial charge is 0.493 e. The molecule has 2 heterocycles. The SMILES string of the molecule is COc1ccc(-c2nn(-c3ccccc3)cc2C(=O)Nc2ccc(-n3ccnc3)c(F)c2)cc1OC. The van der Waals surface area contributed by atoms with Crippen LogP contribution in [-0.4, -0.2) is 39.5 Å². The summed E-state index contributed by atoms with van der Waals surface area (Å²) in [5.74, 6) is 0.138. The Labute approximate surface area is 206 Å². The maximum absolute atomic E-state index is 14.7. The third-order valence-corrected chi connectivity index (χ3v) is 5.62. The topological polar surface area (TPSA) is 83.2 Å². The van der Waals surface area contributed by atoms with E-state index in [1.807, 2.05) is 30.3 Å². The van der Waals surface area contributed by atoms with Crippen molar-refractivity contribution in [2.45, 2.75) is 0 Å². The normalized spacial score (nSPS) is 10.8. The lowest BCUT2D eigenvalue weighted by Gasteiger charge is -2.10. The van der Waals surface area contributed by atoms with E-state index >= 15 is 0 Å². The molecule has 0 aliphatic carbocycles. The Balaban J connectivity index is 1.52. The first-order valence-corrected chi connectivity index (χ1v) is 11.0. The first-order valence-electron chi connectivity index (χ1n) is 11.0. The number of aromatic nitrogens is 4. The molecule has 0 bridgehead atoms. The van der Waals surface area contributed by atoms with Gasteiger partial charge in [0.1, 0.15) is 11.5 Å². The van der Waals surface area contributed by atoms with Gasteiger partial charge in [-0.25, -0.2) is 14.1 Å². The summed E-state index contributed by atoms with van der Waals surface area (Å²) in [6.07, 6.45) is 6.36. The van der Waals surface area contributed by atoms with Crippen molar-refractivity contribution in [1.29, 1.82) is 0 Å². The Morgan fingerprint density at radius 1 is 0.972 bits per heavy atom. The van der Waals surface area contributed by atoms with Crippen LogP contribution in [0.5, 0.6) is 11.5 Å². The van der Waals surface area contributed by atoms with Crippen molar-refractivity contribution in [2.24, 2.45) is 0 Å². The van der Waals surface area contributed by atoms with Crippen LogP contribution in [0.3, 0.4) is 0 Å². The van der Waals surface area contributed by atoms with Crippen molar-refractivity contribution in [3.63, 3.8) is 0 Å². The number of carbonyl (C=O) groups is 1. The Morgan fingerprint density at radius 2 is 1.78 bits per heavy atom. The molecule has 0 saturated heterocycles. The first kappa shape index (κ1) is 22.9. The van der Waals surface area contributed by atoms with Gasteiger partial charge in [0.15, 0.2) is 11.5 Å². The van der Waals surface area contributed by atoms with E-state index in [1.54, 1.807) is 72.4 Å². The number of imidazole rings is 1. The van der Waals surface area contributed by atoms with Crippen LogP contribution in [0.2, 0.25) is 0 Å². The highest BCUT2D eigenvalue weighted by Crippen LogP contribution is 2.33. The van der Waals surface area contributed by atoms with Gasteiger partial charge in [-0.05, 0) is 48.5 Å². The minimum Gasteiger partial charge on any atom is -0.493 e. The van der Waals surface area contributed by atoms with E-state index in [0.717, 1.165) is 5.69 Å². The number of methoxy groups -OCH3 is 2. The lowest BCUT2D eigenvalue weighted by molar-refractivity contribution is 0.102. The lowest BCUT2D eigenvalue weighted by Crippen LogP contribution is -2.13. The third kappa shape index (κ3) is 4.41. The predicted molar refractivity (Wildman–Crippen MR) is 134 cm³/mol. The zero-order valence-electron chi connectivity index (χ0n) is 19.6. The third-order valence-electron chi connectivity index (χ3n) is 5.62. The zero-order valence-corrected chi connectivity index (χ0v) is 19.6. The summed E-state index contributed by atoms with van der Waals surface area (Å²) in [4.78, 5) is 17.3. The van der Waals surface area contributed by atoms with E-state index in [9.17, 15) is 9.18 Å². The highest BCUT2D eigenvalue weighted by Gasteiger charge is 2.21. The zero-order chi connectivity index (χ0) is 25.1. The number of hydrogen-bond acceptors (Lipinski definition) is 5. The number of nitrogens with one attached hydrogen (secondary N) is 1.